The van der Waals surface area contributed by atoms with E-state index in [2.05, 4.69) is 49.9 Å². The molecule has 0 saturated heterocycles. The number of allylic oxidation sites excluding steroid dienone is 4. The molecule has 0 aliphatic heterocycles. The Labute approximate surface area is 111 Å². The summed E-state index contributed by atoms with van der Waals surface area (Å²) in [6.07, 6.45) is 9.82. The standard InChI is InChI=1S/C15H25N3/c1-12(2)6-5-11-15(4,17-18-16)14-9-7-13(3)8-10-14/h6-7,14H,5,8-11H2,1-4H3. The zero-order chi connectivity index (χ0) is 13.6. The van der Waals surface area contributed by atoms with E-state index in [1.165, 1.54) is 11.1 Å². The summed E-state index contributed by atoms with van der Waals surface area (Å²) in [6.45, 7) is 8.52. The highest BCUT2D eigenvalue weighted by Crippen LogP contribution is 2.37. The average molecular weight is 247 g/mol. The Balaban J connectivity index is 2.74. The minimum absolute atomic E-state index is 0.238. The molecular formula is C15H25N3. The molecule has 0 saturated carbocycles. The quantitative estimate of drug-likeness (QED) is 0.265. The summed E-state index contributed by atoms with van der Waals surface area (Å²) >= 11 is 0. The molecule has 3 heteroatoms. The van der Waals surface area contributed by atoms with Crippen molar-refractivity contribution in [3.63, 3.8) is 0 Å². The smallest absolute Gasteiger partial charge is 0.0494 e. The largest absolute Gasteiger partial charge is 0.0872 e. The third-order valence-corrected chi connectivity index (χ3v) is 3.99. The molecule has 0 fully saturated rings. The summed E-state index contributed by atoms with van der Waals surface area (Å²) in [7, 11) is 0. The maximum absolute atomic E-state index is 8.82. The lowest BCUT2D eigenvalue weighted by Gasteiger charge is -2.35. The van der Waals surface area contributed by atoms with Crippen LogP contribution in [0, 0.1) is 5.92 Å². The lowest BCUT2D eigenvalue weighted by molar-refractivity contribution is 0.256. The van der Waals surface area contributed by atoms with Crippen LogP contribution in [0.3, 0.4) is 0 Å². The van der Waals surface area contributed by atoms with Crippen molar-refractivity contribution >= 4 is 0 Å². The van der Waals surface area contributed by atoms with Gasteiger partial charge in [0.05, 0.1) is 0 Å². The van der Waals surface area contributed by atoms with Crippen LogP contribution in [-0.2, 0) is 0 Å². The van der Waals surface area contributed by atoms with Gasteiger partial charge in [0.15, 0.2) is 0 Å². The van der Waals surface area contributed by atoms with Crippen LogP contribution in [0.2, 0.25) is 0 Å². The molecule has 0 aromatic rings. The SMILES string of the molecule is CC(C)=CCCC(C)(N=[N+]=[N-])C1CC=C(C)CC1. The van der Waals surface area contributed by atoms with Crippen molar-refractivity contribution in [2.45, 2.75) is 65.3 Å². The van der Waals surface area contributed by atoms with Gasteiger partial charge in [-0.3, -0.25) is 0 Å². The predicted octanol–water partition coefficient (Wildman–Crippen LogP) is 5.55. The Kier molecular flexibility index (Phi) is 5.49. The molecule has 0 aromatic carbocycles. The van der Waals surface area contributed by atoms with Gasteiger partial charge in [0.1, 0.15) is 0 Å². The molecule has 18 heavy (non-hydrogen) atoms. The highest BCUT2D eigenvalue weighted by Gasteiger charge is 2.33. The Morgan fingerprint density at radius 2 is 2.33 bits per heavy atom. The van der Waals surface area contributed by atoms with E-state index in [0.29, 0.717) is 5.92 Å². The fourth-order valence-electron chi connectivity index (χ4n) is 2.62. The molecule has 1 aliphatic carbocycles. The van der Waals surface area contributed by atoms with Crippen LogP contribution >= 0.6 is 0 Å². The minimum Gasteiger partial charge on any atom is -0.0872 e. The average Bonchev–Trinajstić information content (AvgIpc) is 2.29. The van der Waals surface area contributed by atoms with E-state index in [9.17, 15) is 0 Å². The molecule has 2 atom stereocenters. The van der Waals surface area contributed by atoms with Gasteiger partial charge in [-0.15, -0.1) is 0 Å². The summed E-state index contributed by atoms with van der Waals surface area (Å²) < 4.78 is 0. The van der Waals surface area contributed by atoms with Crippen molar-refractivity contribution in [2.24, 2.45) is 11.0 Å². The minimum atomic E-state index is -0.238. The molecule has 0 amide bonds. The van der Waals surface area contributed by atoms with Gasteiger partial charge in [-0.2, -0.15) is 0 Å². The number of nitrogens with zero attached hydrogens (tertiary/aromatic N) is 3. The Morgan fingerprint density at radius 1 is 1.61 bits per heavy atom. The van der Waals surface area contributed by atoms with E-state index in [0.717, 1.165) is 32.1 Å². The third kappa shape index (κ3) is 4.23. The second-order valence-electron chi connectivity index (χ2n) is 5.89. The lowest BCUT2D eigenvalue weighted by atomic mass is 9.74. The highest BCUT2D eigenvalue weighted by atomic mass is 15.2. The molecule has 100 valence electrons. The summed E-state index contributed by atoms with van der Waals surface area (Å²) in [5.41, 5.74) is 11.4. The molecule has 0 aromatic heterocycles. The van der Waals surface area contributed by atoms with Crippen LogP contribution in [0.1, 0.15) is 59.8 Å². The first kappa shape index (κ1) is 14.8. The van der Waals surface area contributed by atoms with Crippen molar-refractivity contribution < 1.29 is 0 Å². The third-order valence-electron chi connectivity index (χ3n) is 3.99. The van der Waals surface area contributed by atoms with Gasteiger partial charge in [0, 0.05) is 10.5 Å². The predicted molar refractivity (Wildman–Crippen MR) is 77.3 cm³/mol. The fourth-order valence-corrected chi connectivity index (χ4v) is 2.62. The molecule has 0 bridgehead atoms. The van der Waals surface area contributed by atoms with E-state index < -0.39 is 0 Å². The summed E-state index contributed by atoms with van der Waals surface area (Å²) in [5.74, 6) is 0.489. The molecule has 0 radical (unpaired) electrons. The number of hydrogen-bond donors (Lipinski definition) is 0. The van der Waals surface area contributed by atoms with Gasteiger partial charge in [-0.25, -0.2) is 0 Å². The zero-order valence-corrected chi connectivity index (χ0v) is 12.1. The first-order valence-electron chi connectivity index (χ1n) is 6.83. The maximum atomic E-state index is 8.82. The molecule has 0 heterocycles. The molecule has 3 nitrogen and oxygen atoms in total. The second-order valence-corrected chi connectivity index (χ2v) is 5.89. The van der Waals surface area contributed by atoms with Gasteiger partial charge in [0.25, 0.3) is 0 Å². The van der Waals surface area contributed by atoms with E-state index >= 15 is 0 Å². The normalized spacial score (nSPS) is 22.4. The number of azide groups is 1. The molecule has 2 unspecified atom stereocenters. The summed E-state index contributed by atoms with van der Waals surface area (Å²) in [6, 6.07) is 0. The molecule has 0 N–H and O–H groups in total. The maximum Gasteiger partial charge on any atom is 0.0494 e. The number of hydrogen-bond acceptors (Lipinski definition) is 1. The molecule has 1 rings (SSSR count). The summed E-state index contributed by atoms with van der Waals surface area (Å²) in [4.78, 5) is 3.08. The van der Waals surface area contributed by atoms with E-state index in [1.54, 1.807) is 0 Å². The van der Waals surface area contributed by atoms with Gasteiger partial charge >= 0.3 is 0 Å². The van der Waals surface area contributed by atoms with Crippen LogP contribution in [0.15, 0.2) is 28.4 Å². The second kappa shape index (κ2) is 6.65. The Hall–Kier alpha value is -1.21. The van der Waals surface area contributed by atoms with E-state index in [4.69, 9.17) is 5.53 Å². The van der Waals surface area contributed by atoms with E-state index in [-0.39, 0.29) is 5.54 Å². The first-order valence-corrected chi connectivity index (χ1v) is 6.83. The van der Waals surface area contributed by atoms with Crippen molar-refractivity contribution in [3.8, 4) is 0 Å². The number of rotatable bonds is 5. The van der Waals surface area contributed by atoms with Crippen LogP contribution in [-0.4, -0.2) is 5.54 Å². The first-order chi connectivity index (χ1) is 8.48. The van der Waals surface area contributed by atoms with Gasteiger partial charge in [0.2, 0.25) is 0 Å². The van der Waals surface area contributed by atoms with Crippen molar-refractivity contribution in [1.29, 1.82) is 0 Å². The Bertz CT molecular complexity index is 385. The fraction of sp³-hybridized carbons (Fsp3) is 0.733. The zero-order valence-electron chi connectivity index (χ0n) is 12.1. The monoisotopic (exact) mass is 247 g/mol. The topological polar surface area (TPSA) is 48.8 Å². The van der Waals surface area contributed by atoms with Crippen LogP contribution in [0.4, 0.5) is 0 Å². The van der Waals surface area contributed by atoms with Crippen LogP contribution in [0.25, 0.3) is 10.4 Å². The van der Waals surface area contributed by atoms with Crippen LogP contribution in [0.5, 0.6) is 0 Å². The van der Waals surface area contributed by atoms with Crippen molar-refractivity contribution in [2.75, 3.05) is 0 Å². The van der Waals surface area contributed by atoms with Gasteiger partial charge in [-0.05, 0) is 64.3 Å². The van der Waals surface area contributed by atoms with Crippen molar-refractivity contribution in [3.05, 3.63) is 33.7 Å². The molecule has 0 spiro atoms. The highest BCUT2D eigenvalue weighted by molar-refractivity contribution is 5.08. The summed E-state index contributed by atoms with van der Waals surface area (Å²) in [5, 5.41) is 4.12. The van der Waals surface area contributed by atoms with E-state index in [1.807, 2.05) is 0 Å². The van der Waals surface area contributed by atoms with Crippen LogP contribution < -0.4 is 0 Å². The van der Waals surface area contributed by atoms with Crippen molar-refractivity contribution in [1.82, 2.24) is 0 Å². The molecule has 1 aliphatic rings. The van der Waals surface area contributed by atoms with Gasteiger partial charge in [-0.1, -0.05) is 35.3 Å². The Morgan fingerprint density at radius 3 is 2.83 bits per heavy atom. The molecular weight excluding hydrogens is 222 g/mol. The van der Waals surface area contributed by atoms with Gasteiger partial charge < -0.3 is 0 Å². The lowest BCUT2D eigenvalue weighted by Crippen LogP contribution is -2.33.